The number of nitrogens with one attached hydrogen (secondary N) is 2. The molecule has 8 nitrogen and oxygen atoms in total. The molecule has 4 rings (SSSR count). The quantitative estimate of drug-likeness (QED) is 0.594. The summed E-state index contributed by atoms with van der Waals surface area (Å²) in [6, 6.07) is 12.9. The summed E-state index contributed by atoms with van der Waals surface area (Å²) in [5, 5.41) is 10.1. The number of amides is 3. The van der Waals surface area contributed by atoms with E-state index in [0.29, 0.717) is 37.4 Å². The lowest BCUT2D eigenvalue weighted by atomic mass is 10.1. The first-order chi connectivity index (χ1) is 15.1. The van der Waals surface area contributed by atoms with Crippen LogP contribution in [0.2, 0.25) is 0 Å². The van der Waals surface area contributed by atoms with E-state index in [1.165, 1.54) is 30.6 Å². The summed E-state index contributed by atoms with van der Waals surface area (Å²) >= 11 is 1.54. The number of aromatic nitrogens is 3. The minimum absolute atomic E-state index is 0.0481. The third-order valence-electron chi connectivity index (χ3n) is 4.92. The van der Waals surface area contributed by atoms with Gasteiger partial charge in [0.25, 0.3) is 5.91 Å². The van der Waals surface area contributed by atoms with E-state index in [1.54, 1.807) is 21.6 Å². The van der Waals surface area contributed by atoms with Crippen LogP contribution in [-0.4, -0.2) is 63.1 Å². The number of rotatable bonds is 5. The van der Waals surface area contributed by atoms with Gasteiger partial charge in [-0.15, -0.1) is 0 Å². The third kappa shape index (κ3) is 5.40. The molecule has 0 atom stereocenters. The number of hydrogen-bond acceptors (Lipinski definition) is 5. The van der Waals surface area contributed by atoms with Gasteiger partial charge in [0.1, 0.15) is 12.1 Å². The molecule has 0 radical (unpaired) electrons. The zero-order valence-electron chi connectivity index (χ0n) is 16.6. The molecule has 1 aliphatic rings. The van der Waals surface area contributed by atoms with Crippen molar-refractivity contribution < 1.29 is 14.0 Å². The predicted molar refractivity (Wildman–Crippen MR) is 115 cm³/mol. The van der Waals surface area contributed by atoms with Gasteiger partial charge in [0, 0.05) is 43.2 Å². The standard InChI is InChI=1S/C21H21FN6O2S/c22-17-5-7-18(8-6-17)25-21(30)28-11-9-27(10-12-28)19(29)16-3-1-15(2-4-16)13-31-20-23-14-24-26-20/h1-8,14H,9-13H2,(H,25,30)(H,23,24,26). The van der Waals surface area contributed by atoms with Crippen molar-refractivity contribution >= 4 is 29.4 Å². The van der Waals surface area contributed by atoms with Crippen molar-refractivity contribution in [2.24, 2.45) is 0 Å². The van der Waals surface area contributed by atoms with Gasteiger partial charge < -0.3 is 15.1 Å². The van der Waals surface area contributed by atoms with Gasteiger partial charge >= 0.3 is 6.03 Å². The third-order valence-corrected chi connectivity index (χ3v) is 5.87. The van der Waals surface area contributed by atoms with Gasteiger partial charge in [-0.1, -0.05) is 23.9 Å². The Hall–Kier alpha value is -3.40. The Morgan fingerprint density at radius 2 is 1.68 bits per heavy atom. The molecule has 3 aromatic rings. The van der Waals surface area contributed by atoms with Gasteiger partial charge in [-0.25, -0.2) is 14.2 Å². The summed E-state index contributed by atoms with van der Waals surface area (Å²) in [5.41, 5.74) is 2.24. The molecular weight excluding hydrogens is 419 g/mol. The molecule has 2 N–H and O–H groups in total. The first-order valence-electron chi connectivity index (χ1n) is 9.76. The highest BCUT2D eigenvalue weighted by Crippen LogP contribution is 2.19. The highest BCUT2D eigenvalue weighted by Gasteiger charge is 2.25. The largest absolute Gasteiger partial charge is 0.335 e. The topological polar surface area (TPSA) is 94.2 Å². The molecule has 1 saturated heterocycles. The Morgan fingerprint density at radius 3 is 2.32 bits per heavy atom. The molecule has 3 amide bonds. The molecule has 10 heteroatoms. The van der Waals surface area contributed by atoms with E-state index in [-0.39, 0.29) is 17.8 Å². The Morgan fingerprint density at radius 1 is 1.00 bits per heavy atom. The van der Waals surface area contributed by atoms with Crippen molar-refractivity contribution in [1.82, 2.24) is 25.0 Å². The van der Waals surface area contributed by atoms with Gasteiger partial charge in [-0.3, -0.25) is 9.89 Å². The van der Waals surface area contributed by atoms with Crippen LogP contribution in [0.5, 0.6) is 0 Å². The van der Waals surface area contributed by atoms with Crippen LogP contribution in [0.15, 0.2) is 60.0 Å². The fourth-order valence-electron chi connectivity index (χ4n) is 3.19. The van der Waals surface area contributed by atoms with Crippen molar-refractivity contribution in [3.8, 4) is 0 Å². The normalized spacial score (nSPS) is 13.8. The predicted octanol–water partition coefficient (Wildman–Crippen LogP) is 3.23. The number of urea groups is 1. The van der Waals surface area contributed by atoms with Gasteiger partial charge in [0.05, 0.1) is 0 Å². The summed E-state index contributed by atoms with van der Waals surface area (Å²) in [7, 11) is 0. The second-order valence-electron chi connectivity index (χ2n) is 6.99. The summed E-state index contributed by atoms with van der Waals surface area (Å²) < 4.78 is 13.0. The van der Waals surface area contributed by atoms with E-state index in [2.05, 4.69) is 20.5 Å². The zero-order valence-corrected chi connectivity index (χ0v) is 17.4. The van der Waals surface area contributed by atoms with Gasteiger partial charge in [-0.05, 0) is 42.0 Å². The Balaban J connectivity index is 1.26. The molecule has 0 unspecified atom stereocenters. The van der Waals surface area contributed by atoms with E-state index in [4.69, 9.17) is 0 Å². The number of carbonyl (C=O) groups is 2. The van der Waals surface area contributed by atoms with E-state index in [9.17, 15) is 14.0 Å². The van der Waals surface area contributed by atoms with Crippen LogP contribution in [0.1, 0.15) is 15.9 Å². The van der Waals surface area contributed by atoms with Gasteiger partial charge in [-0.2, -0.15) is 5.10 Å². The lowest BCUT2D eigenvalue weighted by molar-refractivity contribution is 0.0671. The first kappa shape index (κ1) is 20.9. The zero-order chi connectivity index (χ0) is 21.6. The lowest BCUT2D eigenvalue weighted by Crippen LogP contribution is -2.51. The maximum Gasteiger partial charge on any atom is 0.321 e. The minimum Gasteiger partial charge on any atom is -0.335 e. The molecule has 0 spiro atoms. The SMILES string of the molecule is O=C(Nc1ccc(F)cc1)N1CCN(C(=O)c2ccc(CSc3ncn[nH]3)cc2)CC1. The van der Waals surface area contributed by atoms with Crippen molar-refractivity contribution in [3.05, 3.63) is 71.8 Å². The molecule has 1 aromatic heterocycles. The van der Waals surface area contributed by atoms with Crippen LogP contribution in [0.3, 0.4) is 0 Å². The van der Waals surface area contributed by atoms with E-state index in [1.807, 2.05) is 24.3 Å². The lowest BCUT2D eigenvalue weighted by Gasteiger charge is -2.34. The van der Waals surface area contributed by atoms with Crippen molar-refractivity contribution in [3.63, 3.8) is 0 Å². The van der Waals surface area contributed by atoms with Crippen LogP contribution in [0, 0.1) is 5.82 Å². The number of thioether (sulfide) groups is 1. The van der Waals surface area contributed by atoms with Crippen LogP contribution in [0.4, 0.5) is 14.9 Å². The second kappa shape index (κ2) is 9.61. The molecular formula is C21H21FN6O2S. The fourth-order valence-corrected chi connectivity index (χ4v) is 3.92. The molecule has 0 aliphatic carbocycles. The van der Waals surface area contributed by atoms with Crippen LogP contribution in [-0.2, 0) is 5.75 Å². The Labute approximate surface area is 182 Å². The first-order valence-corrected chi connectivity index (χ1v) is 10.7. The van der Waals surface area contributed by atoms with Crippen molar-refractivity contribution in [2.75, 3.05) is 31.5 Å². The monoisotopic (exact) mass is 440 g/mol. The maximum atomic E-state index is 13.0. The van der Waals surface area contributed by atoms with Crippen LogP contribution < -0.4 is 5.32 Å². The van der Waals surface area contributed by atoms with E-state index >= 15 is 0 Å². The van der Waals surface area contributed by atoms with E-state index < -0.39 is 0 Å². The number of carbonyl (C=O) groups excluding carboxylic acids is 2. The summed E-state index contributed by atoms with van der Waals surface area (Å²) in [4.78, 5) is 32.7. The Bertz CT molecular complexity index is 1020. The van der Waals surface area contributed by atoms with E-state index in [0.717, 1.165) is 16.5 Å². The average Bonchev–Trinajstić information content (AvgIpc) is 3.33. The molecule has 2 aromatic carbocycles. The van der Waals surface area contributed by atoms with Gasteiger partial charge in [0.15, 0.2) is 5.16 Å². The van der Waals surface area contributed by atoms with Crippen molar-refractivity contribution in [2.45, 2.75) is 10.9 Å². The number of piperazine rings is 1. The Kier molecular flexibility index (Phi) is 6.46. The minimum atomic E-state index is -0.355. The highest BCUT2D eigenvalue weighted by atomic mass is 32.2. The molecule has 31 heavy (non-hydrogen) atoms. The number of halogens is 1. The maximum absolute atomic E-state index is 13.0. The molecule has 0 saturated carbocycles. The van der Waals surface area contributed by atoms with Gasteiger partial charge in [0.2, 0.25) is 0 Å². The average molecular weight is 441 g/mol. The summed E-state index contributed by atoms with van der Waals surface area (Å²) in [5.74, 6) is 0.325. The summed E-state index contributed by atoms with van der Waals surface area (Å²) in [6.45, 7) is 1.78. The molecule has 0 bridgehead atoms. The number of H-pyrrole nitrogens is 1. The molecule has 2 heterocycles. The second-order valence-corrected chi connectivity index (χ2v) is 7.96. The fraction of sp³-hybridized carbons (Fsp3) is 0.238. The van der Waals surface area contributed by atoms with Crippen LogP contribution >= 0.6 is 11.8 Å². The number of anilines is 1. The number of aromatic amines is 1. The van der Waals surface area contributed by atoms with Crippen LogP contribution in [0.25, 0.3) is 0 Å². The smallest absolute Gasteiger partial charge is 0.321 e. The molecule has 1 fully saturated rings. The number of benzene rings is 2. The number of hydrogen-bond donors (Lipinski definition) is 2. The highest BCUT2D eigenvalue weighted by molar-refractivity contribution is 7.98. The number of nitrogens with zero attached hydrogens (tertiary/aromatic N) is 4. The molecule has 160 valence electrons. The van der Waals surface area contributed by atoms with Crippen molar-refractivity contribution in [1.29, 1.82) is 0 Å². The molecule has 1 aliphatic heterocycles. The summed E-state index contributed by atoms with van der Waals surface area (Å²) in [6.07, 6.45) is 1.47.